The number of thiophene rings is 1. The number of imide groups is 1. The summed E-state index contributed by atoms with van der Waals surface area (Å²) in [7, 11) is 1.15. The largest absolute Gasteiger partial charge is 0.453 e. The quantitative estimate of drug-likeness (QED) is 0.853. The van der Waals surface area contributed by atoms with Gasteiger partial charge in [-0.3, -0.25) is 10.1 Å². The highest BCUT2D eigenvalue weighted by Crippen LogP contribution is 2.33. The summed E-state index contributed by atoms with van der Waals surface area (Å²) in [5.74, 6) is -0.576. The Kier molecular flexibility index (Phi) is 5.76. The van der Waals surface area contributed by atoms with Crippen molar-refractivity contribution in [1.82, 2.24) is 5.32 Å². The minimum absolute atomic E-state index is 0.504. The maximum absolute atomic E-state index is 12.2. The molecule has 0 unspecified atom stereocenters. The summed E-state index contributed by atoms with van der Waals surface area (Å²) in [4.78, 5) is 36.6. The van der Waals surface area contributed by atoms with Crippen LogP contribution < -0.4 is 5.32 Å². The van der Waals surface area contributed by atoms with Crippen molar-refractivity contribution in [2.45, 2.75) is 45.6 Å². The average molecular weight is 339 g/mol. The van der Waals surface area contributed by atoms with Crippen molar-refractivity contribution in [2.75, 3.05) is 7.11 Å². The molecule has 1 aromatic heterocycles. The minimum atomic E-state index is -1.07. The molecular weight excluding hydrogens is 318 g/mol. The third-order valence-electron chi connectivity index (χ3n) is 4.03. The number of carbonyl (C=O) groups is 3. The van der Waals surface area contributed by atoms with E-state index in [9.17, 15) is 14.4 Å². The van der Waals surface area contributed by atoms with Gasteiger partial charge >= 0.3 is 12.1 Å². The molecule has 0 bridgehead atoms. The number of carbonyl (C=O) groups excluding carboxylic acids is 3. The van der Waals surface area contributed by atoms with E-state index in [2.05, 4.69) is 11.7 Å². The molecule has 126 valence electrons. The Bertz CT molecular complexity index is 610. The summed E-state index contributed by atoms with van der Waals surface area (Å²) in [6.07, 6.45) is 2.33. The lowest BCUT2D eigenvalue weighted by Gasteiger charge is -2.19. The van der Waals surface area contributed by atoms with E-state index in [0.717, 1.165) is 32.8 Å². The van der Waals surface area contributed by atoms with E-state index in [1.807, 2.05) is 11.4 Å². The number of hydrogen-bond acceptors (Lipinski definition) is 6. The molecular formula is C16H21NO5S. The van der Waals surface area contributed by atoms with Gasteiger partial charge in [0.05, 0.1) is 7.11 Å². The fraction of sp³-hybridized carbons (Fsp3) is 0.562. The van der Waals surface area contributed by atoms with E-state index in [1.54, 1.807) is 0 Å². The van der Waals surface area contributed by atoms with Crippen molar-refractivity contribution in [3.05, 3.63) is 21.4 Å². The van der Waals surface area contributed by atoms with Gasteiger partial charge in [-0.1, -0.05) is 13.3 Å². The van der Waals surface area contributed by atoms with Crippen molar-refractivity contribution < 1.29 is 23.9 Å². The number of ether oxygens (including phenoxy) is 2. The lowest BCUT2D eigenvalue weighted by molar-refractivity contribution is -0.128. The van der Waals surface area contributed by atoms with Crippen molar-refractivity contribution in [2.24, 2.45) is 5.92 Å². The van der Waals surface area contributed by atoms with Gasteiger partial charge in [0, 0.05) is 4.88 Å². The predicted molar refractivity (Wildman–Crippen MR) is 85.6 cm³/mol. The second-order valence-corrected chi connectivity index (χ2v) is 6.74. The number of rotatable bonds is 4. The molecule has 6 nitrogen and oxygen atoms in total. The van der Waals surface area contributed by atoms with E-state index in [4.69, 9.17) is 4.74 Å². The van der Waals surface area contributed by atoms with Gasteiger partial charge in [0.15, 0.2) is 6.10 Å². The molecule has 2 amide bonds. The Morgan fingerprint density at radius 2 is 2.17 bits per heavy atom. The number of fused-ring (bicyclic) bond motifs is 1. The van der Waals surface area contributed by atoms with Crippen molar-refractivity contribution in [3.63, 3.8) is 0 Å². The van der Waals surface area contributed by atoms with E-state index in [-0.39, 0.29) is 0 Å². The van der Waals surface area contributed by atoms with Crippen LogP contribution in [0.25, 0.3) is 0 Å². The summed E-state index contributed by atoms with van der Waals surface area (Å²) in [6.45, 7) is 3.59. The SMILES string of the molecule is CC[C@@H]1CCc2sc(C(=O)O[C@H](C)C(=O)NC(=O)OC)cc2C1. The van der Waals surface area contributed by atoms with Gasteiger partial charge in [0.2, 0.25) is 0 Å². The van der Waals surface area contributed by atoms with Gasteiger partial charge in [-0.15, -0.1) is 11.3 Å². The standard InChI is InChI=1S/C16H21NO5S/c1-4-10-5-6-12-11(7-10)8-13(23-12)15(19)22-9(2)14(18)17-16(20)21-3/h8-10H,4-7H2,1-3H3,(H,17,18,20)/t9-,10-/m1/s1. The summed E-state index contributed by atoms with van der Waals surface area (Å²) in [5, 5.41) is 1.97. The van der Waals surface area contributed by atoms with Gasteiger partial charge < -0.3 is 9.47 Å². The van der Waals surface area contributed by atoms with E-state index >= 15 is 0 Å². The van der Waals surface area contributed by atoms with Crippen molar-refractivity contribution in [1.29, 1.82) is 0 Å². The zero-order valence-corrected chi connectivity index (χ0v) is 14.3. The molecule has 23 heavy (non-hydrogen) atoms. The van der Waals surface area contributed by atoms with Crippen LogP contribution >= 0.6 is 11.3 Å². The highest BCUT2D eigenvalue weighted by Gasteiger charge is 2.25. The van der Waals surface area contributed by atoms with Gasteiger partial charge in [0.25, 0.3) is 5.91 Å². The van der Waals surface area contributed by atoms with Gasteiger partial charge in [-0.2, -0.15) is 0 Å². The fourth-order valence-corrected chi connectivity index (χ4v) is 3.66. The summed E-state index contributed by atoms with van der Waals surface area (Å²) < 4.78 is 9.45. The Morgan fingerprint density at radius 1 is 1.43 bits per heavy atom. The number of methoxy groups -OCH3 is 1. The molecule has 0 fully saturated rings. The summed E-state index contributed by atoms with van der Waals surface area (Å²) in [6, 6.07) is 1.87. The maximum atomic E-state index is 12.2. The molecule has 1 aromatic rings. The first-order valence-electron chi connectivity index (χ1n) is 7.66. The molecule has 0 saturated heterocycles. The second kappa shape index (κ2) is 7.59. The van der Waals surface area contributed by atoms with Crippen LogP contribution in [0.1, 0.15) is 46.8 Å². The molecule has 0 aromatic carbocycles. The molecule has 0 radical (unpaired) electrons. The van der Waals surface area contributed by atoms with Crippen molar-refractivity contribution in [3.8, 4) is 0 Å². The zero-order chi connectivity index (χ0) is 17.0. The van der Waals surface area contributed by atoms with E-state index in [1.165, 1.54) is 28.7 Å². The predicted octanol–water partition coefficient (Wildman–Crippen LogP) is 2.69. The number of hydrogen-bond donors (Lipinski definition) is 1. The lowest BCUT2D eigenvalue weighted by atomic mass is 9.87. The van der Waals surface area contributed by atoms with Crippen LogP contribution in [-0.4, -0.2) is 31.2 Å². The zero-order valence-electron chi connectivity index (χ0n) is 13.5. The average Bonchev–Trinajstić information content (AvgIpc) is 2.97. The molecule has 1 aliphatic rings. The molecule has 1 N–H and O–H groups in total. The summed E-state index contributed by atoms with van der Waals surface area (Å²) in [5.41, 5.74) is 1.21. The van der Waals surface area contributed by atoms with Crippen LogP contribution in [0.2, 0.25) is 0 Å². The van der Waals surface area contributed by atoms with Crippen LogP contribution in [0.5, 0.6) is 0 Å². The first kappa shape index (κ1) is 17.5. The number of alkyl carbamates (subject to hydrolysis) is 1. The highest BCUT2D eigenvalue weighted by atomic mass is 32.1. The molecule has 0 saturated carbocycles. The van der Waals surface area contributed by atoms with E-state index in [0.29, 0.717) is 10.8 Å². The molecule has 7 heteroatoms. The molecule has 2 rings (SSSR count). The van der Waals surface area contributed by atoms with Crippen molar-refractivity contribution >= 4 is 29.3 Å². The monoisotopic (exact) mass is 339 g/mol. The molecule has 1 aliphatic carbocycles. The Morgan fingerprint density at radius 3 is 2.83 bits per heavy atom. The second-order valence-electron chi connectivity index (χ2n) is 5.60. The smallest absolute Gasteiger partial charge is 0.413 e. The number of nitrogens with one attached hydrogen (secondary N) is 1. The topological polar surface area (TPSA) is 81.7 Å². The molecule has 2 atom stereocenters. The van der Waals surface area contributed by atoms with Crippen LogP contribution in [0, 0.1) is 5.92 Å². The fourth-order valence-electron chi connectivity index (χ4n) is 2.57. The first-order valence-corrected chi connectivity index (χ1v) is 8.47. The molecule has 0 spiro atoms. The Labute approximate surface area is 139 Å². The summed E-state index contributed by atoms with van der Waals surface area (Å²) >= 11 is 1.43. The van der Waals surface area contributed by atoms with Crippen LogP contribution in [0.4, 0.5) is 4.79 Å². The van der Waals surface area contributed by atoms with E-state index < -0.39 is 24.1 Å². The minimum Gasteiger partial charge on any atom is -0.453 e. The molecule has 1 heterocycles. The van der Waals surface area contributed by atoms with Gasteiger partial charge in [-0.25, -0.2) is 9.59 Å². The first-order chi connectivity index (χ1) is 10.9. The highest BCUT2D eigenvalue weighted by molar-refractivity contribution is 7.14. The lowest BCUT2D eigenvalue weighted by Crippen LogP contribution is -2.39. The van der Waals surface area contributed by atoms with Gasteiger partial charge in [0.1, 0.15) is 4.88 Å². The number of esters is 1. The normalized spacial score (nSPS) is 17.8. The third-order valence-corrected chi connectivity index (χ3v) is 5.24. The van der Waals surface area contributed by atoms with Gasteiger partial charge in [-0.05, 0) is 43.7 Å². The Hall–Kier alpha value is -1.89. The number of amides is 2. The number of aryl methyl sites for hydroxylation is 1. The van der Waals surface area contributed by atoms with Crippen LogP contribution in [0.3, 0.4) is 0 Å². The Balaban J connectivity index is 1.97. The molecule has 0 aliphatic heterocycles. The van der Waals surface area contributed by atoms with Crippen LogP contribution in [0.15, 0.2) is 6.07 Å². The van der Waals surface area contributed by atoms with Crippen LogP contribution in [-0.2, 0) is 27.1 Å². The third kappa shape index (κ3) is 4.31. The maximum Gasteiger partial charge on any atom is 0.413 e.